The van der Waals surface area contributed by atoms with Crippen molar-refractivity contribution < 1.29 is 4.79 Å². The summed E-state index contributed by atoms with van der Waals surface area (Å²) in [5, 5.41) is 8.57. The molecule has 0 aliphatic heterocycles. The number of benzene rings is 1. The van der Waals surface area contributed by atoms with Gasteiger partial charge in [-0.3, -0.25) is 9.78 Å². The molecule has 1 amide bonds. The van der Waals surface area contributed by atoms with Gasteiger partial charge in [-0.2, -0.15) is 9.78 Å². The van der Waals surface area contributed by atoms with Gasteiger partial charge in [0.15, 0.2) is 5.82 Å². The Morgan fingerprint density at radius 3 is 2.56 bits per heavy atom. The fourth-order valence-corrected chi connectivity index (χ4v) is 3.11. The molecule has 0 saturated heterocycles. The van der Waals surface area contributed by atoms with Crippen LogP contribution in [-0.2, 0) is 0 Å². The van der Waals surface area contributed by atoms with Crippen LogP contribution in [-0.4, -0.2) is 25.7 Å². The van der Waals surface area contributed by atoms with E-state index in [4.69, 9.17) is 4.98 Å². The summed E-state index contributed by atoms with van der Waals surface area (Å²) >= 11 is 0. The molecule has 3 heterocycles. The van der Waals surface area contributed by atoms with Gasteiger partial charge in [0.1, 0.15) is 5.82 Å². The van der Waals surface area contributed by atoms with Crippen LogP contribution in [0.3, 0.4) is 0 Å². The van der Waals surface area contributed by atoms with Gasteiger partial charge < -0.3 is 5.32 Å². The van der Waals surface area contributed by atoms with Gasteiger partial charge in [-0.1, -0.05) is 18.2 Å². The maximum Gasteiger partial charge on any atom is 0.256 e. The van der Waals surface area contributed by atoms with Crippen LogP contribution >= 0.6 is 0 Å². The molecule has 3 aromatic heterocycles. The fourth-order valence-electron chi connectivity index (χ4n) is 3.11. The predicted octanol–water partition coefficient (Wildman–Crippen LogP) is 3.99. The second-order valence-electron chi connectivity index (χ2n) is 6.54. The molecular formula is C21H19N5O. The van der Waals surface area contributed by atoms with Crippen LogP contribution in [0, 0.1) is 20.8 Å². The van der Waals surface area contributed by atoms with E-state index in [0.29, 0.717) is 17.2 Å². The summed E-state index contributed by atoms with van der Waals surface area (Å²) in [6.45, 7) is 5.98. The molecule has 4 rings (SSSR count). The van der Waals surface area contributed by atoms with Gasteiger partial charge in [0.2, 0.25) is 0 Å². The van der Waals surface area contributed by atoms with Gasteiger partial charge in [-0.25, -0.2) is 4.98 Å². The molecule has 0 aliphatic carbocycles. The van der Waals surface area contributed by atoms with Crippen molar-refractivity contribution in [3.63, 3.8) is 0 Å². The van der Waals surface area contributed by atoms with Crippen molar-refractivity contribution in [3.05, 3.63) is 77.2 Å². The van der Waals surface area contributed by atoms with Crippen LogP contribution in [0.2, 0.25) is 0 Å². The number of carbonyl (C=O) groups is 1. The van der Waals surface area contributed by atoms with Crippen molar-refractivity contribution in [2.45, 2.75) is 20.8 Å². The van der Waals surface area contributed by atoms with Crippen LogP contribution in [0.15, 0.2) is 54.9 Å². The monoisotopic (exact) mass is 357 g/mol. The van der Waals surface area contributed by atoms with Crippen LogP contribution in [0.5, 0.6) is 0 Å². The van der Waals surface area contributed by atoms with Crippen molar-refractivity contribution in [1.82, 2.24) is 19.7 Å². The number of carbonyl (C=O) groups excluding carboxylic acids is 1. The van der Waals surface area contributed by atoms with Gasteiger partial charge in [0, 0.05) is 29.4 Å². The molecular weight excluding hydrogens is 338 g/mol. The summed E-state index contributed by atoms with van der Waals surface area (Å²) in [5.74, 6) is 1.04. The van der Waals surface area contributed by atoms with Crippen LogP contribution in [0.25, 0.3) is 16.7 Å². The number of anilines is 1. The van der Waals surface area contributed by atoms with E-state index in [1.54, 1.807) is 29.2 Å². The third kappa shape index (κ3) is 3.17. The SMILES string of the molecule is Cc1cc(NC(=O)c2ccncc2)n(-c2cc(C)c3cccc(C)c3n2)n1. The number of hydrogen-bond donors (Lipinski definition) is 1. The minimum atomic E-state index is -0.216. The lowest BCUT2D eigenvalue weighted by molar-refractivity contribution is 0.102. The van der Waals surface area contributed by atoms with Crippen molar-refractivity contribution in [2.75, 3.05) is 5.32 Å². The molecule has 1 N–H and O–H groups in total. The van der Waals surface area contributed by atoms with Gasteiger partial charge in [-0.05, 0) is 50.1 Å². The molecule has 6 nitrogen and oxygen atoms in total. The lowest BCUT2D eigenvalue weighted by atomic mass is 10.1. The van der Waals surface area contributed by atoms with Crippen LogP contribution < -0.4 is 5.32 Å². The maximum absolute atomic E-state index is 12.5. The van der Waals surface area contributed by atoms with Gasteiger partial charge in [0.05, 0.1) is 11.2 Å². The van der Waals surface area contributed by atoms with E-state index in [1.165, 1.54) is 0 Å². The van der Waals surface area contributed by atoms with E-state index in [1.807, 2.05) is 38.1 Å². The number of nitrogens with zero attached hydrogens (tertiary/aromatic N) is 4. The van der Waals surface area contributed by atoms with E-state index in [-0.39, 0.29) is 5.91 Å². The highest BCUT2D eigenvalue weighted by Gasteiger charge is 2.15. The third-order valence-electron chi connectivity index (χ3n) is 4.47. The average molecular weight is 357 g/mol. The Hall–Kier alpha value is -3.54. The molecule has 0 fully saturated rings. The largest absolute Gasteiger partial charge is 0.306 e. The van der Waals surface area contributed by atoms with Crippen molar-refractivity contribution >= 4 is 22.6 Å². The lowest BCUT2D eigenvalue weighted by Crippen LogP contribution is -2.15. The zero-order valence-electron chi connectivity index (χ0n) is 15.4. The van der Waals surface area contributed by atoms with Crippen molar-refractivity contribution in [2.24, 2.45) is 0 Å². The number of fused-ring (bicyclic) bond motifs is 1. The number of aromatic nitrogens is 4. The number of rotatable bonds is 3. The third-order valence-corrected chi connectivity index (χ3v) is 4.47. The Bertz CT molecular complexity index is 1150. The lowest BCUT2D eigenvalue weighted by Gasteiger charge is -2.11. The van der Waals surface area contributed by atoms with E-state index in [9.17, 15) is 4.79 Å². The quantitative estimate of drug-likeness (QED) is 0.602. The summed E-state index contributed by atoms with van der Waals surface area (Å²) < 4.78 is 1.67. The number of pyridine rings is 2. The predicted molar refractivity (Wildman–Crippen MR) is 105 cm³/mol. The van der Waals surface area contributed by atoms with E-state index in [2.05, 4.69) is 28.4 Å². The molecule has 27 heavy (non-hydrogen) atoms. The number of nitrogens with one attached hydrogen (secondary N) is 1. The highest BCUT2D eigenvalue weighted by atomic mass is 16.1. The summed E-state index contributed by atoms with van der Waals surface area (Å²) in [7, 11) is 0. The molecule has 0 spiro atoms. The van der Waals surface area contributed by atoms with Crippen LogP contribution in [0.1, 0.15) is 27.2 Å². The summed E-state index contributed by atoms with van der Waals surface area (Å²) in [6, 6.07) is 13.3. The highest BCUT2D eigenvalue weighted by Crippen LogP contribution is 2.24. The molecule has 0 aliphatic rings. The molecule has 0 bridgehead atoms. The highest BCUT2D eigenvalue weighted by molar-refractivity contribution is 6.03. The number of para-hydroxylation sites is 1. The topological polar surface area (TPSA) is 72.7 Å². The summed E-state index contributed by atoms with van der Waals surface area (Å²) in [5.41, 5.74) is 4.48. The van der Waals surface area contributed by atoms with E-state index >= 15 is 0 Å². The maximum atomic E-state index is 12.5. The van der Waals surface area contributed by atoms with Gasteiger partial charge >= 0.3 is 0 Å². The zero-order valence-corrected chi connectivity index (χ0v) is 15.4. The zero-order chi connectivity index (χ0) is 19.0. The Balaban J connectivity index is 1.78. The normalized spacial score (nSPS) is 10.9. The first-order chi connectivity index (χ1) is 13.0. The first kappa shape index (κ1) is 16.9. The average Bonchev–Trinajstić information content (AvgIpc) is 3.03. The minimum absolute atomic E-state index is 0.216. The summed E-state index contributed by atoms with van der Waals surface area (Å²) in [4.78, 5) is 21.3. The fraction of sp³-hybridized carbons (Fsp3) is 0.143. The van der Waals surface area contributed by atoms with Crippen molar-refractivity contribution in [3.8, 4) is 5.82 Å². The standard InChI is InChI=1S/C21H19N5O/c1-13-5-4-6-17-14(2)11-18(23-20(13)17)26-19(12-15(3)25-26)24-21(27)16-7-9-22-10-8-16/h4-12H,1-3H3,(H,24,27). The molecule has 6 heteroatoms. The second-order valence-corrected chi connectivity index (χ2v) is 6.54. The molecule has 1 aromatic carbocycles. The Kier molecular flexibility index (Phi) is 4.16. The first-order valence-corrected chi connectivity index (χ1v) is 8.68. The molecule has 0 atom stereocenters. The van der Waals surface area contributed by atoms with E-state index in [0.717, 1.165) is 27.7 Å². The molecule has 0 radical (unpaired) electrons. The smallest absolute Gasteiger partial charge is 0.256 e. The van der Waals surface area contributed by atoms with Gasteiger partial charge in [0.25, 0.3) is 5.91 Å². The Morgan fingerprint density at radius 1 is 1.00 bits per heavy atom. The molecule has 0 saturated carbocycles. The van der Waals surface area contributed by atoms with Crippen molar-refractivity contribution in [1.29, 1.82) is 0 Å². The first-order valence-electron chi connectivity index (χ1n) is 8.68. The van der Waals surface area contributed by atoms with Crippen LogP contribution in [0.4, 0.5) is 5.82 Å². The minimum Gasteiger partial charge on any atom is -0.306 e. The number of aryl methyl sites for hydroxylation is 3. The molecule has 0 unspecified atom stereocenters. The van der Waals surface area contributed by atoms with Gasteiger partial charge in [-0.15, -0.1) is 0 Å². The number of amides is 1. The number of hydrogen-bond acceptors (Lipinski definition) is 4. The second kappa shape index (κ2) is 6.64. The Morgan fingerprint density at radius 2 is 1.78 bits per heavy atom. The molecule has 134 valence electrons. The molecule has 4 aromatic rings. The van der Waals surface area contributed by atoms with E-state index < -0.39 is 0 Å². The summed E-state index contributed by atoms with van der Waals surface area (Å²) in [6.07, 6.45) is 3.18. The Labute approximate surface area is 156 Å².